The van der Waals surface area contributed by atoms with Gasteiger partial charge in [0, 0.05) is 11.6 Å². The molecule has 2 aromatic carbocycles. The van der Waals surface area contributed by atoms with Crippen molar-refractivity contribution in [1.29, 1.82) is 0 Å². The Kier molecular flexibility index (Phi) is 8.92. The number of carboxylic acids is 1. The van der Waals surface area contributed by atoms with E-state index in [1.807, 2.05) is 0 Å². The summed E-state index contributed by atoms with van der Waals surface area (Å²) >= 11 is 0. The number of carbonyl (C=O) groups is 3. The molecule has 0 aliphatic rings. The third kappa shape index (κ3) is 8.56. The van der Waals surface area contributed by atoms with Crippen molar-refractivity contribution in [3.05, 3.63) is 53.1 Å². The minimum absolute atomic E-state index is 0.247. The highest BCUT2D eigenvalue weighted by atomic mass is 19.4. The van der Waals surface area contributed by atoms with Gasteiger partial charge in [0.15, 0.2) is 5.75 Å². The van der Waals surface area contributed by atoms with E-state index >= 15 is 0 Å². The van der Waals surface area contributed by atoms with Gasteiger partial charge in [-0.25, -0.2) is 14.4 Å². The van der Waals surface area contributed by atoms with E-state index in [0.717, 1.165) is 6.92 Å². The normalized spacial score (nSPS) is 11.9. The van der Waals surface area contributed by atoms with Crippen LogP contribution in [0.2, 0.25) is 0 Å². The molecule has 0 heterocycles. The van der Waals surface area contributed by atoms with Crippen LogP contribution in [-0.2, 0) is 16.1 Å². The van der Waals surface area contributed by atoms with E-state index in [-0.39, 0.29) is 11.5 Å². The summed E-state index contributed by atoms with van der Waals surface area (Å²) in [6.45, 7) is 9.84. The largest absolute Gasteiger partial charge is 0.573 e. The topological polar surface area (TPSA) is 112 Å². The van der Waals surface area contributed by atoms with E-state index in [2.05, 4.69) is 4.74 Å². The molecule has 0 fully saturated rings. The zero-order valence-corrected chi connectivity index (χ0v) is 22.1. The quantitative estimate of drug-likeness (QED) is 0.423. The third-order valence-corrected chi connectivity index (χ3v) is 4.53. The molecule has 38 heavy (non-hydrogen) atoms. The molecule has 208 valence electrons. The van der Waals surface area contributed by atoms with Crippen molar-refractivity contribution in [2.45, 2.75) is 72.6 Å². The van der Waals surface area contributed by atoms with Gasteiger partial charge in [-0.3, -0.25) is 0 Å². The Morgan fingerprint density at radius 2 is 1.39 bits per heavy atom. The summed E-state index contributed by atoms with van der Waals surface area (Å²) in [6, 6.07) is 9.12. The molecule has 2 rings (SSSR count). The highest BCUT2D eigenvalue weighted by Crippen LogP contribution is 2.43. The molecule has 1 N–H and O–H groups in total. The summed E-state index contributed by atoms with van der Waals surface area (Å²) in [4.78, 5) is 39.0. The van der Waals surface area contributed by atoms with Crippen LogP contribution in [0.25, 0.3) is 0 Å². The van der Waals surface area contributed by atoms with Crippen LogP contribution < -0.4 is 14.4 Å². The molecule has 9 nitrogen and oxygen atoms in total. The van der Waals surface area contributed by atoms with Gasteiger partial charge in [0.2, 0.25) is 0 Å². The van der Waals surface area contributed by atoms with Gasteiger partial charge in [-0.15, -0.1) is 13.2 Å². The molecule has 0 radical (unpaired) electrons. The summed E-state index contributed by atoms with van der Waals surface area (Å²) < 4.78 is 60.1. The minimum atomic E-state index is -5.22. The zero-order valence-electron chi connectivity index (χ0n) is 22.1. The highest BCUT2D eigenvalue weighted by Gasteiger charge is 2.39. The molecule has 0 saturated heterocycles. The van der Waals surface area contributed by atoms with Crippen molar-refractivity contribution in [2.75, 3.05) is 4.90 Å². The van der Waals surface area contributed by atoms with Gasteiger partial charge >= 0.3 is 24.5 Å². The number of anilines is 1. The number of ether oxygens (including phenoxy) is 4. The minimum Gasteiger partial charge on any atom is -0.486 e. The second kappa shape index (κ2) is 11.2. The molecule has 0 aliphatic carbocycles. The predicted octanol–water partition coefficient (Wildman–Crippen LogP) is 6.85. The number of amides is 2. The summed E-state index contributed by atoms with van der Waals surface area (Å²) in [5, 5.41) is 9.96. The first kappa shape index (κ1) is 30.3. The Morgan fingerprint density at radius 3 is 1.82 bits per heavy atom. The fourth-order valence-electron chi connectivity index (χ4n) is 3.14. The van der Waals surface area contributed by atoms with Crippen molar-refractivity contribution >= 4 is 23.8 Å². The molecule has 2 aromatic rings. The summed E-state index contributed by atoms with van der Waals surface area (Å²) in [7, 11) is 0. The molecule has 0 aromatic heterocycles. The highest BCUT2D eigenvalue weighted by molar-refractivity contribution is 6.12. The predicted molar refractivity (Wildman–Crippen MR) is 131 cm³/mol. The number of hydrogen-bond donors (Lipinski definition) is 1. The lowest BCUT2D eigenvalue weighted by Crippen LogP contribution is -2.44. The summed E-state index contributed by atoms with van der Waals surface area (Å²) in [5.74, 6) is -3.22. The first-order valence-electron chi connectivity index (χ1n) is 11.4. The van der Waals surface area contributed by atoms with E-state index in [1.54, 1.807) is 30.3 Å². The summed E-state index contributed by atoms with van der Waals surface area (Å²) in [6.07, 6.45) is -7.89. The number of carboxylic acid groups (broad SMARTS) is 1. The van der Waals surface area contributed by atoms with Gasteiger partial charge in [0.25, 0.3) is 0 Å². The number of nitrogens with zero attached hydrogens (tertiary/aromatic N) is 1. The fourth-order valence-corrected chi connectivity index (χ4v) is 3.14. The lowest BCUT2D eigenvalue weighted by atomic mass is 10.0. The third-order valence-electron chi connectivity index (χ3n) is 4.53. The standard InChI is InChI=1S/C26H30F3NO8/c1-15-18(36-26(27,28)29)13-17(20(19(15)21(31)32)35-14-16-11-9-8-10-12-16)30(22(33)37-24(2,3)4)23(34)38-25(5,6)7/h8-13H,14H2,1-7H3,(H,31,32). The van der Waals surface area contributed by atoms with Crippen LogP contribution in [0.4, 0.5) is 28.4 Å². The second-order valence-corrected chi connectivity index (χ2v) is 10.1. The number of halogens is 3. The number of alkyl halides is 3. The molecule has 0 bridgehead atoms. The molecule has 0 atom stereocenters. The molecule has 2 amide bonds. The van der Waals surface area contributed by atoms with E-state index < -0.39 is 64.0 Å². The fraction of sp³-hybridized carbons (Fsp3) is 0.423. The number of imide groups is 1. The first-order valence-corrected chi connectivity index (χ1v) is 11.4. The average molecular weight is 542 g/mol. The molecule has 0 unspecified atom stereocenters. The van der Waals surface area contributed by atoms with Gasteiger partial charge in [-0.05, 0) is 54.0 Å². The van der Waals surface area contributed by atoms with Crippen LogP contribution in [0.1, 0.15) is 63.0 Å². The molecule has 0 aliphatic heterocycles. The lowest BCUT2D eigenvalue weighted by molar-refractivity contribution is -0.274. The van der Waals surface area contributed by atoms with E-state index in [9.17, 15) is 32.7 Å². The van der Waals surface area contributed by atoms with Crippen molar-refractivity contribution in [1.82, 2.24) is 0 Å². The van der Waals surface area contributed by atoms with Crippen molar-refractivity contribution in [2.24, 2.45) is 0 Å². The Bertz CT molecular complexity index is 1150. The maximum atomic E-state index is 13.2. The number of carbonyl (C=O) groups excluding carboxylic acids is 2. The second-order valence-electron chi connectivity index (χ2n) is 10.1. The molecule has 0 spiro atoms. The van der Waals surface area contributed by atoms with Crippen molar-refractivity contribution in [3.8, 4) is 11.5 Å². The Morgan fingerprint density at radius 1 is 0.895 bits per heavy atom. The molecule has 0 saturated carbocycles. The SMILES string of the molecule is Cc1c(OC(F)(F)F)cc(N(C(=O)OC(C)(C)C)C(=O)OC(C)(C)C)c(OCc2ccccc2)c1C(=O)O. The Hall–Kier alpha value is -3.96. The maximum Gasteiger partial charge on any atom is 0.573 e. The van der Waals surface area contributed by atoms with E-state index in [0.29, 0.717) is 11.6 Å². The summed E-state index contributed by atoms with van der Waals surface area (Å²) in [5.41, 5.74) is -3.59. The van der Waals surface area contributed by atoms with Crippen molar-refractivity contribution < 1.29 is 51.6 Å². The van der Waals surface area contributed by atoms with Gasteiger partial charge in [-0.1, -0.05) is 30.3 Å². The van der Waals surface area contributed by atoms with Crippen molar-refractivity contribution in [3.63, 3.8) is 0 Å². The maximum absolute atomic E-state index is 13.2. The monoisotopic (exact) mass is 541 g/mol. The van der Waals surface area contributed by atoms with Gasteiger partial charge in [0.1, 0.15) is 34.8 Å². The smallest absolute Gasteiger partial charge is 0.486 e. The number of benzene rings is 2. The Balaban J connectivity index is 2.86. The first-order chi connectivity index (χ1) is 17.3. The van der Waals surface area contributed by atoms with E-state index in [1.165, 1.54) is 41.5 Å². The lowest BCUT2D eigenvalue weighted by Gasteiger charge is -2.30. The van der Waals surface area contributed by atoms with Crippen LogP contribution in [0.3, 0.4) is 0 Å². The van der Waals surface area contributed by atoms with Gasteiger partial charge in [-0.2, -0.15) is 4.90 Å². The molecular weight excluding hydrogens is 511 g/mol. The van der Waals surface area contributed by atoms with Crippen LogP contribution >= 0.6 is 0 Å². The van der Waals surface area contributed by atoms with Gasteiger partial charge < -0.3 is 24.1 Å². The Labute approximate surface area is 218 Å². The van der Waals surface area contributed by atoms with Gasteiger partial charge in [0.05, 0.1) is 0 Å². The van der Waals surface area contributed by atoms with Crippen LogP contribution in [0.5, 0.6) is 11.5 Å². The van der Waals surface area contributed by atoms with E-state index in [4.69, 9.17) is 14.2 Å². The number of hydrogen-bond acceptors (Lipinski definition) is 7. The molecule has 12 heteroatoms. The number of aromatic carboxylic acids is 1. The average Bonchev–Trinajstić information content (AvgIpc) is 2.71. The van der Waals surface area contributed by atoms with Crippen LogP contribution in [0.15, 0.2) is 36.4 Å². The molecular formula is C26H30F3NO8. The number of rotatable bonds is 6. The van der Waals surface area contributed by atoms with Crippen LogP contribution in [-0.4, -0.2) is 40.8 Å². The zero-order chi connectivity index (χ0) is 29.1. The van der Waals surface area contributed by atoms with Crippen LogP contribution in [0, 0.1) is 6.92 Å².